The summed E-state index contributed by atoms with van der Waals surface area (Å²) in [6, 6.07) is 8.52. The van der Waals surface area contributed by atoms with E-state index in [0.29, 0.717) is 0 Å². The molecular weight excluding hydrogens is 388 g/mol. The highest BCUT2D eigenvalue weighted by atomic mass is 79.9. The molecule has 1 atom stereocenters. The third-order valence-electron chi connectivity index (χ3n) is 2.92. The fourth-order valence-electron chi connectivity index (χ4n) is 1.87. The van der Waals surface area contributed by atoms with Crippen LogP contribution in [0.15, 0.2) is 38.6 Å². The van der Waals surface area contributed by atoms with Gasteiger partial charge >= 0.3 is 0 Å². The Morgan fingerprint density at radius 3 is 2.58 bits per heavy atom. The smallest absolute Gasteiger partial charge is 0.0520 e. The lowest BCUT2D eigenvalue weighted by Gasteiger charge is -2.21. The molecule has 0 saturated heterocycles. The van der Waals surface area contributed by atoms with Crippen LogP contribution in [-0.2, 0) is 6.54 Å². The Morgan fingerprint density at radius 1 is 1.32 bits per heavy atom. The monoisotopic (exact) mass is 402 g/mol. The van der Waals surface area contributed by atoms with Crippen LogP contribution >= 0.6 is 43.2 Å². The van der Waals surface area contributed by atoms with E-state index >= 15 is 0 Å². The number of nitrogens with two attached hydrogens (primary N) is 1. The molecule has 1 unspecified atom stereocenters. The molecule has 2 aromatic rings. The van der Waals surface area contributed by atoms with E-state index in [2.05, 4.69) is 73.5 Å². The zero-order valence-electron chi connectivity index (χ0n) is 10.9. The molecule has 2 nitrogen and oxygen atoms in total. The van der Waals surface area contributed by atoms with Crippen LogP contribution in [0.4, 0.5) is 5.69 Å². The summed E-state index contributed by atoms with van der Waals surface area (Å²) < 4.78 is 2.23. The number of nitrogens with zero attached hydrogens (tertiary/aromatic N) is 1. The van der Waals surface area contributed by atoms with E-state index in [1.165, 1.54) is 10.6 Å². The van der Waals surface area contributed by atoms with E-state index in [9.17, 15) is 0 Å². The number of rotatable bonds is 4. The predicted molar refractivity (Wildman–Crippen MR) is 90.9 cm³/mol. The van der Waals surface area contributed by atoms with Gasteiger partial charge in [0.2, 0.25) is 0 Å². The largest absolute Gasteiger partial charge is 0.369 e. The summed E-state index contributed by atoms with van der Waals surface area (Å²) in [7, 11) is 2.10. The van der Waals surface area contributed by atoms with Gasteiger partial charge in [-0.3, -0.25) is 0 Å². The second-order valence-corrected chi connectivity index (χ2v) is 7.35. The van der Waals surface area contributed by atoms with Crippen LogP contribution in [0.1, 0.15) is 23.4 Å². The van der Waals surface area contributed by atoms with E-state index in [4.69, 9.17) is 5.73 Å². The fraction of sp³-hybridized carbons (Fsp3) is 0.286. The molecule has 0 bridgehead atoms. The second-order valence-electron chi connectivity index (χ2n) is 4.59. The van der Waals surface area contributed by atoms with Gasteiger partial charge in [0.1, 0.15) is 0 Å². The number of halogens is 2. The number of hydrogen-bond acceptors (Lipinski definition) is 3. The molecule has 1 aromatic heterocycles. The third kappa shape index (κ3) is 3.81. The molecule has 0 saturated carbocycles. The van der Waals surface area contributed by atoms with Crippen molar-refractivity contribution >= 4 is 48.9 Å². The molecule has 5 heteroatoms. The number of hydrogen-bond donors (Lipinski definition) is 1. The average Bonchev–Trinajstić information content (AvgIpc) is 2.74. The first kappa shape index (κ1) is 15.0. The molecule has 0 aliphatic rings. The van der Waals surface area contributed by atoms with Crippen LogP contribution in [0.3, 0.4) is 0 Å². The van der Waals surface area contributed by atoms with Crippen molar-refractivity contribution in [2.24, 2.45) is 5.73 Å². The predicted octanol–water partition coefficient (Wildman–Crippen LogP) is 4.93. The third-order valence-corrected chi connectivity index (χ3v) is 5.24. The first-order chi connectivity index (χ1) is 8.97. The molecule has 1 heterocycles. The van der Waals surface area contributed by atoms with Crippen molar-refractivity contribution in [3.05, 3.63) is 49.0 Å². The van der Waals surface area contributed by atoms with Crippen molar-refractivity contribution in [1.29, 1.82) is 0 Å². The van der Waals surface area contributed by atoms with Gasteiger partial charge in [0.05, 0.1) is 12.2 Å². The van der Waals surface area contributed by atoms with Crippen molar-refractivity contribution in [3.63, 3.8) is 0 Å². The number of thiophene rings is 1. The standard InChI is InChI=1S/C14H16Br2N2S/c1-9(17)10-3-4-14(13(16)5-10)18(2)7-12-6-11(15)8-19-12/h3-6,8-9H,7,17H2,1-2H3. The second kappa shape index (κ2) is 6.39. The highest BCUT2D eigenvalue weighted by Gasteiger charge is 2.10. The SMILES string of the molecule is CC(N)c1ccc(N(C)Cc2cc(Br)cs2)c(Br)c1. The summed E-state index contributed by atoms with van der Waals surface area (Å²) in [5, 5.41) is 2.11. The maximum Gasteiger partial charge on any atom is 0.0520 e. The average molecular weight is 404 g/mol. The lowest BCUT2D eigenvalue weighted by atomic mass is 10.1. The van der Waals surface area contributed by atoms with E-state index in [0.717, 1.165) is 21.1 Å². The summed E-state index contributed by atoms with van der Waals surface area (Å²) in [5.41, 5.74) is 8.21. The van der Waals surface area contributed by atoms with Crippen LogP contribution in [0.5, 0.6) is 0 Å². The molecule has 0 aliphatic carbocycles. The van der Waals surface area contributed by atoms with Crippen LogP contribution in [0.2, 0.25) is 0 Å². The Hall–Kier alpha value is -0.360. The van der Waals surface area contributed by atoms with Crippen molar-refractivity contribution in [2.45, 2.75) is 19.5 Å². The van der Waals surface area contributed by atoms with Gasteiger partial charge in [-0.05, 0) is 62.5 Å². The molecule has 0 radical (unpaired) electrons. The number of benzene rings is 1. The summed E-state index contributed by atoms with van der Waals surface area (Å²) in [6.45, 7) is 2.89. The van der Waals surface area contributed by atoms with Crippen LogP contribution < -0.4 is 10.6 Å². The van der Waals surface area contributed by atoms with Crippen LogP contribution in [0, 0.1) is 0 Å². The molecule has 2 rings (SSSR count). The Labute approximate surface area is 134 Å². The highest BCUT2D eigenvalue weighted by Crippen LogP contribution is 2.30. The maximum atomic E-state index is 5.90. The van der Waals surface area contributed by atoms with E-state index in [1.54, 1.807) is 11.3 Å². The Balaban J connectivity index is 2.17. The van der Waals surface area contributed by atoms with Gasteiger partial charge in [-0.1, -0.05) is 6.07 Å². The van der Waals surface area contributed by atoms with E-state index in [-0.39, 0.29) is 6.04 Å². The molecule has 1 aromatic carbocycles. The Morgan fingerprint density at radius 2 is 2.05 bits per heavy atom. The highest BCUT2D eigenvalue weighted by molar-refractivity contribution is 9.10. The zero-order chi connectivity index (χ0) is 14.0. The van der Waals surface area contributed by atoms with Gasteiger partial charge in [-0.2, -0.15) is 0 Å². The van der Waals surface area contributed by atoms with Gasteiger partial charge in [-0.25, -0.2) is 0 Å². The molecule has 0 spiro atoms. The van der Waals surface area contributed by atoms with Gasteiger partial charge in [0.15, 0.2) is 0 Å². The van der Waals surface area contributed by atoms with Gasteiger partial charge in [0.25, 0.3) is 0 Å². The van der Waals surface area contributed by atoms with Crippen LogP contribution in [-0.4, -0.2) is 7.05 Å². The molecule has 102 valence electrons. The van der Waals surface area contributed by atoms with E-state index in [1.807, 2.05) is 6.92 Å². The van der Waals surface area contributed by atoms with Crippen molar-refractivity contribution in [2.75, 3.05) is 11.9 Å². The quantitative estimate of drug-likeness (QED) is 0.783. The van der Waals surface area contributed by atoms with Gasteiger partial charge < -0.3 is 10.6 Å². The molecular formula is C14H16Br2N2S. The molecule has 0 fully saturated rings. The molecule has 0 aliphatic heterocycles. The summed E-state index contributed by atoms with van der Waals surface area (Å²) in [5.74, 6) is 0. The van der Waals surface area contributed by atoms with Crippen molar-refractivity contribution in [3.8, 4) is 0 Å². The first-order valence-electron chi connectivity index (χ1n) is 5.96. The van der Waals surface area contributed by atoms with Gasteiger partial charge in [0, 0.05) is 32.3 Å². The lowest BCUT2D eigenvalue weighted by molar-refractivity contribution is 0.816. The molecule has 19 heavy (non-hydrogen) atoms. The molecule has 2 N–H and O–H groups in total. The topological polar surface area (TPSA) is 29.3 Å². The van der Waals surface area contributed by atoms with Crippen molar-refractivity contribution in [1.82, 2.24) is 0 Å². The van der Waals surface area contributed by atoms with E-state index < -0.39 is 0 Å². The first-order valence-corrected chi connectivity index (χ1v) is 8.43. The number of anilines is 1. The minimum Gasteiger partial charge on any atom is -0.369 e. The summed E-state index contributed by atoms with van der Waals surface area (Å²) >= 11 is 8.88. The fourth-order valence-corrected chi connectivity index (χ4v) is 4.07. The van der Waals surface area contributed by atoms with Crippen LogP contribution in [0.25, 0.3) is 0 Å². The summed E-state index contributed by atoms with van der Waals surface area (Å²) in [6.07, 6.45) is 0. The van der Waals surface area contributed by atoms with Crippen molar-refractivity contribution < 1.29 is 0 Å². The Kier molecular flexibility index (Phi) is 5.06. The Bertz CT molecular complexity index is 566. The van der Waals surface area contributed by atoms with Gasteiger partial charge in [-0.15, -0.1) is 11.3 Å². The minimum atomic E-state index is 0.0592. The normalized spacial score (nSPS) is 12.5. The lowest BCUT2D eigenvalue weighted by Crippen LogP contribution is -2.16. The maximum absolute atomic E-state index is 5.90. The molecule has 0 amide bonds. The summed E-state index contributed by atoms with van der Waals surface area (Å²) in [4.78, 5) is 3.56. The zero-order valence-corrected chi connectivity index (χ0v) is 14.8. The minimum absolute atomic E-state index is 0.0592.